The van der Waals surface area contributed by atoms with Gasteiger partial charge in [-0.15, -0.1) is 0 Å². The van der Waals surface area contributed by atoms with E-state index in [0.717, 1.165) is 23.0 Å². The van der Waals surface area contributed by atoms with E-state index in [-0.39, 0.29) is 18.3 Å². The average molecular weight is 263 g/mol. The quantitative estimate of drug-likeness (QED) is 0.836. The molecule has 2 N–H and O–H groups in total. The van der Waals surface area contributed by atoms with Crippen molar-refractivity contribution in [3.05, 3.63) is 34.2 Å². The number of rotatable bonds is 5. The highest BCUT2D eigenvalue weighted by Gasteiger charge is 2.09. The smallest absolute Gasteiger partial charge is 0.328 e. The van der Waals surface area contributed by atoms with Crippen molar-refractivity contribution in [2.45, 2.75) is 25.9 Å². The van der Waals surface area contributed by atoms with Gasteiger partial charge in [-0.2, -0.15) is 0 Å². The van der Waals surface area contributed by atoms with Crippen LogP contribution >= 0.6 is 0 Å². The van der Waals surface area contributed by atoms with E-state index in [9.17, 15) is 4.79 Å². The molecule has 2 aromatic rings. The molecule has 0 unspecified atom stereocenters. The summed E-state index contributed by atoms with van der Waals surface area (Å²) >= 11 is 0. The Morgan fingerprint density at radius 3 is 2.58 bits per heavy atom. The number of aryl methyl sites for hydroxylation is 2. The minimum Gasteiger partial charge on any atom is -0.395 e. The minimum absolute atomic E-state index is 0.0121. The lowest BCUT2D eigenvalue weighted by Crippen LogP contribution is -2.31. The SMILES string of the molecule is CC[C@@H](CO)NCc1ccc2c(c1)n(C)c(=O)n2C. The van der Waals surface area contributed by atoms with Gasteiger partial charge in [-0.05, 0) is 24.1 Å². The Bertz CT molecular complexity index is 623. The topological polar surface area (TPSA) is 59.2 Å². The van der Waals surface area contributed by atoms with Crippen LogP contribution in [-0.2, 0) is 20.6 Å². The third-order valence-electron chi connectivity index (χ3n) is 3.64. The summed E-state index contributed by atoms with van der Waals surface area (Å²) in [6.07, 6.45) is 0.891. The fraction of sp³-hybridized carbons (Fsp3) is 0.500. The molecule has 104 valence electrons. The van der Waals surface area contributed by atoms with Crippen LogP contribution in [0.5, 0.6) is 0 Å². The maximum absolute atomic E-state index is 11.8. The standard InChI is InChI=1S/C14H21N3O2/c1-4-11(9-18)15-8-10-5-6-12-13(7-10)17(3)14(19)16(12)2/h5-7,11,15,18H,4,8-9H2,1-3H3/t11-/m0/s1. The second-order valence-corrected chi connectivity index (χ2v) is 4.89. The van der Waals surface area contributed by atoms with Crippen LogP contribution in [0.2, 0.25) is 0 Å². The number of benzene rings is 1. The molecule has 0 aliphatic heterocycles. The summed E-state index contributed by atoms with van der Waals surface area (Å²) in [7, 11) is 3.56. The Kier molecular flexibility index (Phi) is 4.07. The van der Waals surface area contributed by atoms with Gasteiger partial charge in [-0.1, -0.05) is 13.0 Å². The van der Waals surface area contributed by atoms with E-state index in [1.807, 2.05) is 25.1 Å². The van der Waals surface area contributed by atoms with Gasteiger partial charge in [0.2, 0.25) is 0 Å². The molecule has 0 spiro atoms. The fourth-order valence-corrected chi connectivity index (χ4v) is 2.26. The third-order valence-corrected chi connectivity index (χ3v) is 3.64. The van der Waals surface area contributed by atoms with E-state index in [1.54, 1.807) is 23.2 Å². The molecule has 1 atom stereocenters. The molecule has 1 aromatic heterocycles. The maximum Gasteiger partial charge on any atom is 0.328 e. The molecule has 5 nitrogen and oxygen atoms in total. The number of nitrogens with zero attached hydrogens (tertiary/aromatic N) is 2. The molecule has 0 radical (unpaired) electrons. The second kappa shape index (κ2) is 5.59. The van der Waals surface area contributed by atoms with Gasteiger partial charge in [0.1, 0.15) is 0 Å². The van der Waals surface area contributed by atoms with Gasteiger partial charge in [0.15, 0.2) is 0 Å². The largest absolute Gasteiger partial charge is 0.395 e. The van der Waals surface area contributed by atoms with Crippen molar-refractivity contribution < 1.29 is 5.11 Å². The number of aromatic nitrogens is 2. The fourth-order valence-electron chi connectivity index (χ4n) is 2.26. The Balaban J connectivity index is 2.27. The minimum atomic E-state index is -0.0121. The van der Waals surface area contributed by atoms with Crippen LogP contribution in [0.4, 0.5) is 0 Å². The molecule has 0 fully saturated rings. The van der Waals surface area contributed by atoms with E-state index in [1.165, 1.54) is 0 Å². The average Bonchev–Trinajstić information content (AvgIpc) is 2.65. The van der Waals surface area contributed by atoms with E-state index >= 15 is 0 Å². The van der Waals surface area contributed by atoms with Gasteiger partial charge in [0.05, 0.1) is 17.6 Å². The molecule has 5 heteroatoms. The highest BCUT2D eigenvalue weighted by molar-refractivity contribution is 5.76. The zero-order chi connectivity index (χ0) is 14.0. The molecule has 0 aliphatic carbocycles. The van der Waals surface area contributed by atoms with Gasteiger partial charge in [0, 0.05) is 26.7 Å². The lowest BCUT2D eigenvalue weighted by molar-refractivity contribution is 0.238. The summed E-state index contributed by atoms with van der Waals surface area (Å²) in [5.74, 6) is 0. The van der Waals surface area contributed by atoms with Crippen LogP contribution < -0.4 is 11.0 Å². The van der Waals surface area contributed by atoms with Crippen molar-refractivity contribution >= 4 is 11.0 Å². The number of nitrogens with one attached hydrogen (secondary N) is 1. The van der Waals surface area contributed by atoms with Crippen molar-refractivity contribution in [2.24, 2.45) is 14.1 Å². The first-order valence-corrected chi connectivity index (χ1v) is 6.57. The summed E-state index contributed by atoms with van der Waals surface area (Å²) in [4.78, 5) is 11.8. The molecule has 0 saturated heterocycles. The molecule has 19 heavy (non-hydrogen) atoms. The number of hydrogen-bond acceptors (Lipinski definition) is 3. The van der Waals surface area contributed by atoms with Crippen molar-refractivity contribution in [1.82, 2.24) is 14.5 Å². The highest BCUT2D eigenvalue weighted by atomic mass is 16.3. The summed E-state index contributed by atoms with van der Waals surface area (Å²) in [5.41, 5.74) is 2.97. The summed E-state index contributed by atoms with van der Waals surface area (Å²) in [6.45, 7) is 2.87. The molecule has 2 rings (SSSR count). The van der Waals surface area contributed by atoms with Gasteiger partial charge in [-0.3, -0.25) is 9.13 Å². The Labute approximate surface area is 112 Å². The molecule has 0 saturated carbocycles. The van der Waals surface area contributed by atoms with E-state index in [4.69, 9.17) is 5.11 Å². The van der Waals surface area contributed by atoms with Crippen LogP contribution in [0.3, 0.4) is 0 Å². The normalized spacial score (nSPS) is 13.1. The number of fused-ring (bicyclic) bond motifs is 1. The molecular formula is C14H21N3O2. The van der Waals surface area contributed by atoms with Crippen molar-refractivity contribution in [1.29, 1.82) is 0 Å². The lowest BCUT2D eigenvalue weighted by Gasteiger charge is -2.13. The van der Waals surface area contributed by atoms with Gasteiger partial charge in [-0.25, -0.2) is 4.79 Å². The van der Waals surface area contributed by atoms with E-state index < -0.39 is 0 Å². The maximum atomic E-state index is 11.8. The predicted molar refractivity (Wildman–Crippen MR) is 76.2 cm³/mol. The van der Waals surface area contributed by atoms with E-state index in [2.05, 4.69) is 5.32 Å². The molecule has 0 aliphatic rings. The summed E-state index contributed by atoms with van der Waals surface area (Å²) in [5, 5.41) is 12.4. The summed E-state index contributed by atoms with van der Waals surface area (Å²) in [6, 6.07) is 6.12. The monoisotopic (exact) mass is 263 g/mol. The van der Waals surface area contributed by atoms with Crippen molar-refractivity contribution in [3.8, 4) is 0 Å². The lowest BCUT2D eigenvalue weighted by atomic mass is 10.1. The number of aliphatic hydroxyl groups excluding tert-OH is 1. The Hall–Kier alpha value is -1.59. The number of hydrogen-bond donors (Lipinski definition) is 2. The zero-order valence-corrected chi connectivity index (χ0v) is 11.7. The van der Waals surface area contributed by atoms with Crippen LogP contribution in [0.1, 0.15) is 18.9 Å². The van der Waals surface area contributed by atoms with Crippen LogP contribution in [0.15, 0.2) is 23.0 Å². The summed E-state index contributed by atoms with van der Waals surface area (Å²) < 4.78 is 3.30. The molecule has 1 heterocycles. The van der Waals surface area contributed by atoms with Gasteiger partial charge >= 0.3 is 5.69 Å². The molecule has 0 amide bonds. The molecular weight excluding hydrogens is 242 g/mol. The van der Waals surface area contributed by atoms with Crippen LogP contribution in [0.25, 0.3) is 11.0 Å². The third kappa shape index (κ3) is 2.57. The van der Waals surface area contributed by atoms with Crippen molar-refractivity contribution in [3.63, 3.8) is 0 Å². The number of aliphatic hydroxyl groups is 1. The van der Waals surface area contributed by atoms with Gasteiger partial charge < -0.3 is 10.4 Å². The van der Waals surface area contributed by atoms with Crippen LogP contribution in [-0.4, -0.2) is 26.9 Å². The first kappa shape index (κ1) is 13.8. The highest BCUT2D eigenvalue weighted by Crippen LogP contribution is 2.14. The zero-order valence-electron chi connectivity index (χ0n) is 11.7. The Morgan fingerprint density at radius 2 is 1.95 bits per heavy atom. The number of imidazole rings is 1. The first-order chi connectivity index (χ1) is 9.08. The first-order valence-electron chi connectivity index (χ1n) is 6.57. The predicted octanol–water partition coefficient (Wildman–Crippen LogP) is 0.737. The molecule has 1 aromatic carbocycles. The van der Waals surface area contributed by atoms with Crippen LogP contribution in [0, 0.1) is 0 Å². The van der Waals surface area contributed by atoms with E-state index in [0.29, 0.717) is 6.54 Å². The van der Waals surface area contributed by atoms with Gasteiger partial charge in [0.25, 0.3) is 0 Å². The Morgan fingerprint density at radius 1 is 1.26 bits per heavy atom. The van der Waals surface area contributed by atoms with Crippen molar-refractivity contribution in [2.75, 3.05) is 6.61 Å². The molecule has 0 bridgehead atoms. The second-order valence-electron chi connectivity index (χ2n) is 4.89.